The standard InChI is InChI=1S/C15H18O11/c1-8-14(4,19-10(3)17-8)6-11-21-25-23-12(24-26-22-11)7-15(5)9(2)18-13(16)20-15/h11-12H,1-3,6-7H2,4-5H3. The molecule has 0 aliphatic carbocycles. The lowest BCUT2D eigenvalue weighted by Crippen LogP contribution is -2.38. The van der Waals surface area contributed by atoms with E-state index in [4.69, 9.17) is 38.5 Å². The summed E-state index contributed by atoms with van der Waals surface area (Å²) in [5.74, 6) is 0.493. The van der Waals surface area contributed by atoms with Gasteiger partial charge in [0, 0.05) is 0 Å². The first-order chi connectivity index (χ1) is 12.2. The molecule has 2 unspecified atom stereocenters. The van der Waals surface area contributed by atoms with Crippen LogP contribution in [0.2, 0.25) is 0 Å². The van der Waals surface area contributed by atoms with Crippen LogP contribution in [-0.4, -0.2) is 29.9 Å². The van der Waals surface area contributed by atoms with E-state index in [0.717, 1.165) is 0 Å². The average Bonchev–Trinajstić information content (AvgIpc) is 2.90. The summed E-state index contributed by atoms with van der Waals surface area (Å²) in [6.45, 7) is 14.1. The molecule has 0 saturated carbocycles. The Bertz CT molecular complexity index is 569. The van der Waals surface area contributed by atoms with Gasteiger partial charge in [0.1, 0.15) is 11.5 Å². The molecule has 0 aromatic carbocycles. The quantitative estimate of drug-likeness (QED) is 0.534. The van der Waals surface area contributed by atoms with E-state index in [-0.39, 0.29) is 24.5 Å². The fourth-order valence-corrected chi connectivity index (χ4v) is 2.38. The second kappa shape index (κ2) is 6.87. The minimum atomic E-state index is -1.20. The lowest BCUT2D eigenvalue weighted by Gasteiger charge is -2.28. The van der Waals surface area contributed by atoms with Crippen LogP contribution < -0.4 is 0 Å². The normalized spacial score (nSPS) is 38.1. The first kappa shape index (κ1) is 18.6. The van der Waals surface area contributed by atoms with E-state index in [0.29, 0.717) is 5.76 Å². The molecule has 3 saturated heterocycles. The molecule has 0 N–H and O–H groups in total. The molecule has 0 amide bonds. The van der Waals surface area contributed by atoms with Crippen LogP contribution >= 0.6 is 0 Å². The summed E-state index contributed by atoms with van der Waals surface area (Å²) in [7, 11) is 0. The van der Waals surface area contributed by atoms with Gasteiger partial charge in [-0.25, -0.2) is 4.79 Å². The largest absolute Gasteiger partial charge is 0.514 e. The maximum absolute atomic E-state index is 11.2. The predicted molar refractivity (Wildman–Crippen MR) is 77.3 cm³/mol. The van der Waals surface area contributed by atoms with Gasteiger partial charge in [0.2, 0.25) is 12.6 Å². The topological polar surface area (TPSA) is 109 Å². The lowest BCUT2D eigenvalue weighted by atomic mass is 10.0. The molecular weight excluding hydrogens is 356 g/mol. The molecule has 0 aromatic heterocycles. The first-order valence-corrected chi connectivity index (χ1v) is 7.53. The van der Waals surface area contributed by atoms with Crippen molar-refractivity contribution in [3.8, 4) is 0 Å². The number of hydrogen-bond donors (Lipinski definition) is 0. The van der Waals surface area contributed by atoms with Crippen LogP contribution in [0.3, 0.4) is 0 Å². The SMILES string of the molecule is C=C1OC(=C)C(C)(CC2OOOC(CC3(C)OC(=O)OC3=C)OOO2)O1. The summed E-state index contributed by atoms with van der Waals surface area (Å²) in [4.78, 5) is 30.9. The summed E-state index contributed by atoms with van der Waals surface area (Å²) in [6.07, 6.45) is -3.18. The summed E-state index contributed by atoms with van der Waals surface area (Å²) in [5, 5.41) is 9.29. The molecule has 26 heavy (non-hydrogen) atoms. The number of ether oxygens (including phenoxy) is 4. The molecule has 2 atom stereocenters. The summed E-state index contributed by atoms with van der Waals surface area (Å²) in [5.41, 5.74) is -2.18. The van der Waals surface area contributed by atoms with Gasteiger partial charge in [0.25, 0.3) is 5.95 Å². The lowest BCUT2D eigenvalue weighted by molar-refractivity contribution is -0.692. The van der Waals surface area contributed by atoms with Gasteiger partial charge >= 0.3 is 6.16 Å². The zero-order valence-corrected chi connectivity index (χ0v) is 14.2. The second-order valence-electron chi connectivity index (χ2n) is 6.13. The number of carbonyl (C=O) groups excluding carboxylic acids is 1. The highest BCUT2D eigenvalue weighted by molar-refractivity contribution is 5.66. The molecule has 0 radical (unpaired) electrons. The molecule has 3 aliphatic rings. The molecule has 144 valence electrons. The fraction of sp³-hybridized carbons (Fsp3) is 0.533. The Kier molecular flexibility index (Phi) is 4.92. The van der Waals surface area contributed by atoms with Crippen molar-refractivity contribution >= 4 is 6.16 Å². The second-order valence-corrected chi connectivity index (χ2v) is 6.13. The van der Waals surface area contributed by atoms with Gasteiger partial charge in [-0.05, 0) is 20.4 Å². The van der Waals surface area contributed by atoms with Crippen LogP contribution in [0, 0.1) is 0 Å². The number of hydrogen-bond acceptors (Lipinski definition) is 11. The van der Waals surface area contributed by atoms with E-state index in [2.05, 4.69) is 29.8 Å². The summed E-state index contributed by atoms with van der Waals surface area (Å²) in [6, 6.07) is 0. The summed E-state index contributed by atoms with van der Waals surface area (Å²) >= 11 is 0. The maximum atomic E-state index is 11.2. The van der Waals surface area contributed by atoms with Crippen molar-refractivity contribution in [2.45, 2.75) is 50.5 Å². The van der Waals surface area contributed by atoms with Gasteiger partial charge in [-0.15, -0.1) is 0 Å². The van der Waals surface area contributed by atoms with Crippen molar-refractivity contribution in [1.29, 1.82) is 0 Å². The molecule has 3 aliphatic heterocycles. The van der Waals surface area contributed by atoms with Gasteiger partial charge in [0.15, 0.2) is 11.2 Å². The smallest absolute Gasteiger partial charge is 0.451 e. The van der Waals surface area contributed by atoms with E-state index < -0.39 is 29.9 Å². The first-order valence-electron chi connectivity index (χ1n) is 7.53. The monoisotopic (exact) mass is 374 g/mol. The van der Waals surface area contributed by atoms with E-state index in [1.165, 1.54) is 0 Å². The van der Waals surface area contributed by atoms with E-state index in [9.17, 15) is 4.79 Å². The van der Waals surface area contributed by atoms with Gasteiger partial charge in [-0.2, -0.15) is 19.6 Å². The van der Waals surface area contributed by atoms with Crippen molar-refractivity contribution in [3.63, 3.8) is 0 Å². The van der Waals surface area contributed by atoms with Crippen LogP contribution in [0.1, 0.15) is 26.7 Å². The molecule has 11 heteroatoms. The molecule has 3 rings (SSSR count). The Balaban J connectivity index is 1.51. The Hall–Kier alpha value is -2.15. The number of rotatable bonds is 4. The Labute approximate surface area is 148 Å². The van der Waals surface area contributed by atoms with Crippen molar-refractivity contribution in [1.82, 2.24) is 0 Å². The van der Waals surface area contributed by atoms with Crippen molar-refractivity contribution < 1.29 is 53.4 Å². The minimum absolute atomic E-state index is 0.0578. The molecule has 0 aromatic rings. The van der Waals surface area contributed by atoms with Crippen LogP contribution in [0.15, 0.2) is 37.2 Å². The number of cyclic esters (lactones) is 2. The van der Waals surface area contributed by atoms with Gasteiger partial charge in [-0.1, -0.05) is 23.2 Å². The third kappa shape index (κ3) is 3.82. The van der Waals surface area contributed by atoms with Crippen LogP contribution in [-0.2, 0) is 48.6 Å². The van der Waals surface area contributed by atoms with Crippen molar-refractivity contribution in [2.75, 3.05) is 0 Å². The zero-order chi connectivity index (χ0) is 18.9. The molecule has 3 fully saturated rings. The highest BCUT2D eigenvalue weighted by Gasteiger charge is 2.47. The molecule has 3 heterocycles. The predicted octanol–water partition coefficient (Wildman–Crippen LogP) is 2.42. The van der Waals surface area contributed by atoms with Gasteiger partial charge in [0.05, 0.1) is 12.8 Å². The molecular formula is C15H18O11. The van der Waals surface area contributed by atoms with Crippen LogP contribution in [0.25, 0.3) is 0 Å². The summed E-state index contributed by atoms with van der Waals surface area (Å²) < 4.78 is 20.4. The van der Waals surface area contributed by atoms with Gasteiger partial charge in [-0.3, -0.25) is 0 Å². The van der Waals surface area contributed by atoms with Crippen molar-refractivity contribution in [2.24, 2.45) is 0 Å². The number of carbonyl (C=O) groups is 1. The third-order valence-corrected chi connectivity index (χ3v) is 3.97. The Morgan fingerprint density at radius 1 is 0.808 bits per heavy atom. The van der Waals surface area contributed by atoms with E-state index >= 15 is 0 Å². The highest BCUT2D eigenvalue weighted by Crippen LogP contribution is 2.38. The van der Waals surface area contributed by atoms with Crippen molar-refractivity contribution in [3.05, 3.63) is 37.2 Å². The van der Waals surface area contributed by atoms with Crippen LogP contribution in [0.5, 0.6) is 0 Å². The molecule has 11 nitrogen and oxygen atoms in total. The minimum Gasteiger partial charge on any atom is -0.451 e. The zero-order valence-electron chi connectivity index (χ0n) is 14.2. The Morgan fingerprint density at radius 3 is 1.65 bits per heavy atom. The third-order valence-electron chi connectivity index (χ3n) is 3.97. The fourth-order valence-electron chi connectivity index (χ4n) is 2.38. The van der Waals surface area contributed by atoms with Gasteiger partial charge < -0.3 is 18.9 Å². The van der Waals surface area contributed by atoms with E-state index in [1.807, 2.05) is 0 Å². The maximum Gasteiger partial charge on any atom is 0.514 e. The molecule has 0 spiro atoms. The van der Waals surface area contributed by atoms with E-state index in [1.54, 1.807) is 13.8 Å². The average molecular weight is 374 g/mol. The Morgan fingerprint density at radius 2 is 1.27 bits per heavy atom. The van der Waals surface area contributed by atoms with Crippen LogP contribution in [0.4, 0.5) is 4.79 Å². The molecule has 0 bridgehead atoms. The highest BCUT2D eigenvalue weighted by atomic mass is 17.6.